The van der Waals surface area contributed by atoms with Gasteiger partial charge in [-0.2, -0.15) is 0 Å². The number of nitrogens with one attached hydrogen (secondary N) is 1. The maximum atomic E-state index is 13.0. The molecular formula is C21H25ClN2O2. The molecule has 4 nitrogen and oxygen atoms in total. The van der Waals surface area contributed by atoms with Crippen molar-refractivity contribution < 1.29 is 9.59 Å². The molecule has 5 heteroatoms. The van der Waals surface area contributed by atoms with E-state index in [0.717, 1.165) is 24.0 Å². The van der Waals surface area contributed by atoms with E-state index in [4.69, 9.17) is 5.73 Å². The van der Waals surface area contributed by atoms with Crippen LogP contribution in [-0.4, -0.2) is 24.3 Å². The van der Waals surface area contributed by atoms with Gasteiger partial charge in [0.15, 0.2) is 5.78 Å². The summed E-state index contributed by atoms with van der Waals surface area (Å²) in [6, 6.07) is 12.7. The van der Waals surface area contributed by atoms with E-state index in [1.807, 2.05) is 32.0 Å². The Balaban J connectivity index is 0.00000243. The third-order valence-corrected chi connectivity index (χ3v) is 4.78. The number of carbonyl (C=O) groups excluding carboxylic acids is 2. The first-order chi connectivity index (χ1) is 12.0. The molecular weight excluding hydrogens is 348 g/mol. The highest BCUT2D eigenvalue weighted by Gasteiger charge is 2.29. The molecule has 1 amide bonds. The molecule has 2 aromatic rings. The van der Waals surface area contributed by atoms with Crippen molar-refractivity contribution >= 4 is 24.1 Å². The number of ketones is 1. The number of amides is 1. The van der Waals surface area contributed by atoms with Gasteiger partial charge in [-0.25, -0.2) is 0 Å². The van der Waals surface area contributed by atoms with Crippen LogP contribution in [0.5, 0.6) is 0 Å². The second-order valence-corrected chi connectivity index (χ2v) is 6.90. The summed E-state index contributed by atoms with van der Waals surface area (Å²) < 4.78 is 0. The monoisotopic (exact) mass is 372 g/mol. The molecule has 0 aromatic heterocycles. The topological polar surface area (TPSA) is 72.2 Å². The van der Waals surface area contributed by atoms with E-state index in [2.05, 4.69) is 5.32 Å². The highest BCUT2D eigenvalue weighted by molar-refractivity contribution is 6.15. The molecule has 0 aliphatic heterocycles. The Bertz CT molecular complexity index is 815. The molecule has 3 rings (SSSR count). The Labute approximate surface area is 160 Å². The van der Waals surface area contributed by atoms with Crippen LogP contribution in [0.2, 0.25) is 0 Å². The standard InChI is InChI=1S/C21H24N2O2.ClH/c1-13-7-8-14(2)18(11-13)20(24)16-5-3-4-6-17(16)21(25)23-12-19(22)15-9-10-15;/h3-8,11,15,19H,9-10,12,22H2,1-2H3,(H,23,25);1H. The summed E-state index contributed by atoms with van der Waals surface area (Å²) in [6.07, 6.45) is 2.28. The van der Waals surface area contributed by atoms with Gasteiger partial charge in [0.2, 0.25) is 0 Å². The molecule has 26 heavy (non-hydrogen) atoms. The van der Waals surface area contributed by atoms with Gasteiger partial charge in [0.1, 0.15) is 0 Å². The van der Waals surface area contributed by atoms with Gasteiger partial charge >= 0.3 is 0 Å². The first kappa shape index (κ1) is 20.1. The van der Waals surface area contributed by atoms with Gasteiger partial charge in [-0.15, -0.1) is 12.4 Å². The van der Waals surface area contributed by atoms with Crippen LogP contribution in [0, 0.1) is 19.8 Å². The third kappa shape index (κ3) is 4.51. The maximum absolute atomic E-state index is 13.0. The summed E-state index contributed by atoms with van der Waals surface area (Å²) in [7, 11) is 0. The van der Waals surface area contributed by atoms with Crippen molar-refractivity contribution in [3.63, 3.8) is 0 Å². The van der Waals surface area contributed by atoms with E-state index in [9.17, 15) is 9.59 Å². The number of hydrogen-bond donors (Lipinski definition) is 2. The fourth-order valence-corrected chi connectivity index (χ4v) is 3.00. The number of aryl methyl sites for hydroxylation is 2. The van der Waals surface area contributed by atoms with E-state index in [1.165, 1.54) is 0 Å². The lowest BCUT2D eigenvalue weighted by atomic mass is 9.94. The summed E-state index contributed by atoms with van der Waals surface area (Å²) in [5.41, 5.74) is 9.43. The molecule has 3 N–H and O–H groups in total. The number of halogens is 1. The van der Waals surface area contributed by atoms with Crippen molar-refractivity contribution in [2.24, 2.45) is 11.7 Å². The number of rotatable bonds is 6. The SMILES string of the molecule is Cc1ccc(C)c(C(=O)c2ccccc2C(=O)NCC(N)C2CC2)c1.Cl. The van der Waals surface area contributed by atoms with Crippen molar-refractivity contribution in [1.29, 1.82) is 0 Å². The van der Waals surface area contributed by atoms with Gasteiger partial charge in [0, 0.05) is 23.7 Å². The highest BCUT2D eigenvalue weighted by atomic mass is 35.5. The van der Waals surface area contributed by atoms with E-state index in [1.54, 1.807) is 24.3 Å². The first-order valence-electron chi connectivity index (χ1n) is 8.72. The molecule has 0 radical (unpaired) electrons. The molecule has 2 aromatic carbocycles. The zero-order valence-electron chi connectivity index (χ0n) is 15.1. The minimum Gasteiger partial charge on any atom is -0.350 e. The van der Waals surface area contributed by atoms with E-state index < -0.39 is 0 Å². The van der Waals surface area contributed by atoms with Crippen molar-refractivity contribution in [1.82, 2.24) is 5.32 Å². The fourth-order valence-electron chi connectivity index (χ4n) is 3.00. The van der Waals surface area contributed by atoms with Gasteiger partial charge in [-0.3, -0.25) is 9.59 Å². The summed E-state index contributed by atoms with van der Waals surface area (Å²) in [5, 5.41) is 2.88. The third-order valence-electron chi connectivity index (χ3n) is 4.78. The Morgan fingerprint density at radius 3 is 2.38 bits per heavy atom. The zero-order chi connectivity index (χ0) is 18.0. The van der Waals surface area contributed by atoms with Crippen molar-refractivity contribution in [3.8, 4) is 0 Å². The molecule has 138 valence electrons. The Morgan fingerprint density at radius 1 is 1.08 bits per heavy atom. The van der Waals surface area contributed by atoms with Crippen LogP contribution in [-0.2, 0) is 0 Å². The Hall–Kier alpha value is -2.17. The number of hydrogen-bond acceptors (Lipinski definition) is 3. The molecule has 1 atom stereocenters. The Kier molecular flexibility index (Phi) is 6.57. The molecule has 1 saturated carbocycles. The van der Waals surface area contributed by atoms with Crippen LogP contribution in [0.4, 0.5) is 0 Å². The van der Waals surface area contributed by atoms with Crippen LogP contribution < -0.4 is 11.1 Å². The van der Waals surface area contributed by atoms with Crippen LogP contribution in [0.1, 0.15) is 50.2 Å². The lowest BCUT2D eigenvalue weighted by Gasteiger charge is -2.14. The molecule has 1 aliphatic carbocycles. The largest absolute Gasteiger partial charge is 0.350 e. The summed E-state index contributed by atoms with van der Waals surface area (Å²) in [4.78, 5) is 25.6. The van der Waals surface area contributed by atoms with Crippen LogP contribution in [0.25, 0.3) is 0 Å². The predicted octanol–water partition coefficient (Wildman–Crippen LogP) is 3.42. The van der Waals surface area contributed by atoms with Crippen molar-refractivity contribution in [3.05, 3.63) is 70.3 Å². The summed E-state index contributed by atoms with van der Waals surface area (Å²) >= 11 is 0. The molecule has 1 fully saturated rings. The average Bonchev–Trinajstić information content (AvgIpc) is 3.46. The van der Waals surface area contributed by atoms with Crippen LogP contribution in [0.15, 0.2) is 42.5 Å². The maximum Gasteiger partial charge on any atom is 0.252 e. The number of benzene rings is 2. The van der Waals surface area contributed by atoms with E-state index >= 15 is 0 Å². The first-order valence-corrected chi connectivity index (χ1v) is 8.72. The highest BCUT2D eigenvalue weighted by Crippen LogP contribution is 2.31. The van der Waals surface area contributed by atoms with Crippen LogP contribution >= 0.6 is 12.4 Å². The fraction of sp³-hybridized carbons (Fsp3) is 0.333. The molecule has 1 aliphatic rings. The second kappa shape index (κ2) is 8.47. The summed E-state index contributed by atoms with van der Waals surface area (Å²) in [5.74, 6) is 0.149. The molecule has 0 bridgehead atoms. The minimum absolute atomic E-state index is 0. The lowest BCUT2D eigenvalue weighted by molar-refractivity contribution is 0.0939. The second-order valence-electron chi connectivity index (χ2n) is 6.90. The predicted molar refractivity (Wildman–Crippen MR) is 106 cm³/mol. The Morgan fingerprint density at radius 2 is 1.73 bits per heavy atom. The molecule has 0 spiro atoms. The average molecular weight is 373 g/mol. The van der Waals surface area contributed by atoms with Crippen LogP contribution in [0.3, 0.4) is 0 Å². The van der Waals surface area contributed by atoms with Crippen molar-refractivity contribution in [2.75, 3.05) is 6.54 Å². The lowest BCUT2D eigenvalue weighted by Crippen LogP contribution is -2.39. The van der Waals surface area contributed by atoms with Gasteiger partial charge in [-0.05, 0) is 50.3 Å². The van der Waals surface area contributed by atoms with Crippen molar-refractivity contribution in [2.45, 2.75) is 32.7 Å². The molecule has 1 unspecified atom stereocenters. The van der Waals surface area contributed by atoms with Gasteiger partial charge < -0.3 is 11.1 Å². The number of carbonyl (C=O) groups is 2. The van der Waals surface area contributed by atoms with Gasteiger partial charge in [-0.1, -0.05) is 35.9 Å². The zero-order valence-corrected chi connectivity index (χ0v) is 15.9. The van der Waals surface area contributed by atoms with Gasteiger partial charge in [0.25, 0.3) is 5.91 Å². The normalized spacial score (nSPS) is 14.3. The number of nitrogens with two attached hydrogens (primary N) is 1. The van der Waals surface area contributed by atoms with E-state index in [-0.39, 0.29) is 30.1 Å². The minimum atomic E-state index is -0.245. The smallest absolute Gasteiger partial charge is 0.252 e. The molecule has 0 heterocycles. The van der Waals surface area contributed by atoms with E-state index in [0.29, 0.717) is 29.2 Å². The molecule has 0 saturated heterocycles. The quantitative estimate of drug-likeness (QED) is 0.763. The summed E-state index contributed by atoms with van der Waals surface area (Å²) in [6.45, 7) is 4.30. The van der Waals surface area contributed by atoms with Gasteiger partial charge in [0.05, 0.1) is 5.56 Å².